The molecule has 84 valence electrons. The van der Waals surface area contributed by atoms with E-state index in [1.54, 1.807) is 0 Å². The maximum Gasteiger partial charge on any atom is 0.187 e. The standard InChI is InChI=1S/C10H16ClN3S/c1-2-5-8-6-3-4-7-14(8)10-9(11)12-15-13-10/h8H,2-7H2,1H3. The maximum absolute atomic E-state index is 6.03. The van der Waals surface area contributed by atoms with Crippen LogP contribution < -0.4 is 4.90 Å². The second kappa shape index (κ2) is 5.12. The first-order valence-corrected chi connectivity index (χ1v) is 6.68. The van der Waals surface area contributed by atoms with E-state index in [4.69, 9.17) is 11.6 Å². The van der Waals surface area contributed by atoms with Crippen molar-refractivity contribution in [2.75, 3.05) is 11.4 Å². The third-order valence-electron chi connectivity index (χ3n) is 2.95. The number of nitrogens with zero attached hydrogens (tertiary/aromatic N) is 3. The minimum atomic E-state index is 0.572. The summed E-state index contributed by atoms with van der Waals surface area (Å²) in [7, 11) is 0. The quantitative estimate of drug-likeness (QED) is 0.818. The molecule has 1 aliphatic heterocycles. The van der Waals surface area contributed by atoms with E-state index in [0.29, 0.717) is 11.2 Å². The van der Waals surface area contributed by atoms with Crippen molar-refractivity contribution in [2.45, 2.75) is 45.1 Å². The molecule has 1 aromatic heterocycles. The molecule has 1 saturated heterocycles. The Morgan fingerprint density at radius 3 is 3.00 bits per heavy atom. The van der Waals surface area contributed by atoms with Crippen molar-refractivity contribution in [1.82, 2.24) is 8.75 Å². The fourth-order valence-electron chi connectivity index (χ4n) is 2.26. The molecule has 0 bridgehead atoms. The van der Waals surface area contributed by atoms with Crippen LogP contribution in [0, 0.1) is 0 Å². The minimum absolute atomic E-state index is 0.572. The van der Waals surface area contributed by atoms with Crippen LogP contribution in [0.5, 0.6) is 0 Å². The largest absolute Gasteiger partial charge is 0.350 e. The monoisotopic (exact) mass is 245 g/mol. The highest BCUT2D eigenvalue weighted by Gasteiger charge is 2.25. The van der Waals surface area contributed by atoms with Crippen molar-refractivity contribution < 1.29 is 0 Å². The highest BCUT2D eigenvalue weighted by atomic mass is 35.5. The Hall–Kier alpha value is -0.350. The summed E-state index contributed by atoms with van der Waals surface area (Å²) in [6.07, 6.45) is 6.29. The van der Waals surface area contributed by atoms with Crippen LogP contribution in [0.15, 0.2) is 0 Å². The Balaban J connectivity index is 2.14. The van der Waals surface area contributed by atoms with E-state index in [1.165, 1.54) is 43.8 Å². The highest BCUT2D eigenvalue weighted by Crippen LogP contribution is 2.30. The molecule has 1 atom stereocenters. The fraction of sp³-hybridized carbons (Fsp3) is 0.800. The van der Waals surface area contributed by atoms with Gasteiger partial charge in [0, 0.05) is 12.6 Å². The number of aromatic nitrogens is 2. The predicted molar refractivity (Wildman–Crippen MR) is 64.8 cm³/mol. The van der Waals surface area contributed by atoms with Crippen molar-refractivity contribution in [3.63, 3.8) is 0 Å². The number of anilines is 1. The summed E-state index contributed by atoms with van der Waals surface area (Å²) in [5.74, 6) is 0.903. The van der Waals surface area contributed by atoms with Crippen molar-refractivity contribution in [3.8, 4) is 0 Å². The molecule has 2 rings (SSSR count). The number of rotatable bonds is 3. The first-order chi connectivity index (χ1) is 7.33. The van der Waals surface area contributed by atoms with E-state index in [-0.39, 0.29) is 0 Å². The summed E-state index contributed by atoms with van der Waals surface area (Å²) in [5.41, 5.74) is 0. The molecule has 3 nitrogen and oxygen atoms in total. The van der Waals surface area contributed by atoms with Gasteiger partial charge in [-0.15, -0.1) is 0 Å². The average molecular weight is 246 g/mol. The van der Waals surface area contributed by atoms with Crippen LogP contribution in [0.2, 0.25) is 5.15 Å². The summed E-state index contributed by atoms with van der Waals surface area (Å²) >= 11 is 7.24. The lowest BCUT2D eigenvalue weighted by atomic mass is 9.98. The molecule has 1 aliphatic rings. The van der Waals surface area contributed by atoms with Gasteiger partial charge in [-0.3, -0.25) is 0 Å². The Labute approximate surface area is 99.8 Å². The van der Waals surface area contributed by atoms with Crippen LogP contribution in [0.4, 0.5) is 5.82 Å². The molecular weight excluding hydrogens is 230 g/mol. The van der Waals surface area contributed by atoms with Crippen molar-refractivity contribution in [1.29, 1.82) is 0 Å². The van der Waals surface area contributed by atoms with Crippen LogP contribution >= 0.6 is 23.3 Å². The van der Waals surface area contributed by atoms with Crippen LogP contribution in [-0.4, -0.2) is 21.3 Å². The lowest BCUT2D eigenvalue weighted by Crippen LogP contribution is -2.39. The van der Waals surface area contributed by atoms with Gasteiger partial charge in [-0.1, -0.05) is 24.9 Å². The Morgan fingerprint density at radius 2 is 2.33 bits per heavy atom. The van der Waals surface area contributed by atoms with E-state index in [2.05, 4.69) is 20.6 Å². The second-order valence-electron chi connectivity index (χ2n) is 4.01. The topological polar surface area (TPSA) is 29.0 Å². The molecule has 0 amide bonds. The maximum atomic E-state index is 6.03. The van der Waals surface area contributed by atoms with Gasteiger partial charge in [-0.05, 0) is 25.7 Å². The van der Waals surface area contributed by atoms with Gasteiger partial charge in [0.15, 0.2) is 11.0 Å². The number of piperidine rings is 1. The first kappa shape index (κ1) is 11.1. The van der Waals surface area contributed by atoms with Gasteiger partial charge in [-0.2, -0.15) is 8.75 Å². The molecular formula is C10H16ClN3S. The van der Waals surface area contributed by atoms with Crippen molar-refractivity contribution >= 4 is 29.1 Å². The van der Waals surface area contributed by atoms with Crippen molar-refractivity contribution in [3.05, 3.63) is 5.15 Å². The first-order valence-electron chi connectivity index (χ1n) is 5.57. The van der Waals surface area contributed by atoms with E-state index in [0.717, 1.165) is 12.4 Å². The summed E-state index contributed by atoms with van der Waals surface area (Å²) in [4.78, 5) is 2.35. The molecule has 1 unspecified atom stereocenters. The molecule has 1 aromatic rings. The summed E-state index contributed by atoms with van der Waals surface area (Å²) in [6, 6.07) is 0.616. The zero-order valence-corrected chi connectivity index (χ0v) is 10.5. The molecule has 5 heteroatoms. The Kier molecular flexibility index (Phi) is 3.81. The fourth-order valence-corrected chi connectivity index (χ4v) is 3.01. The van der Waals surface area contributed by atoms with Gasteiger partial charge in [0.05, 0.1) is 11.7 Å². The molecule has 0 spiro atoms. The number of hydrogen-bond acceptors (Lipinski definition) is 4. The highest BCUT2D eigenvalue weighted by molar-refractivity contribution is 6.99. The minimum Gasteiger partial charge on any atom is -0.350 e. The van der Waals surface area contributed by atoms with Gasteiger partial charge >= 0.3 is 0 Å². The average Bonchev–Trinajstić information content (AvgIpc) is 2.66. The van der Waals surface area contributed by atoms with Gasteiger partial charge in [-0.25, -0.2) is 0 Å². The smallest absolute Gasteiger partial charge is 0.187 e. The van der Waals surface area contributed by atoms with Gasteiger partial charge in [0.25, 0.3) is 0 Å². The number of halogens is 1. The Morgan fingerprint density at radius 1 is 1.47 bits per heavy atom. The van der Waals surface area contributed by atoms with E-state index < -0.39 is 0 Å². The Bertz CT molecular complexity index is 313. The lowest BCUT2D eigenvalue weighted by molar-refractivity contribution is 0.432. The predicted octanol–water partition coefficient (Wildman–Crippen LogP) is 3.35. The molecule has 2 heterocycles. The molecule has 0 aliphatic carbocycles. The van der Waals surface area contributed by atoms with Crippen LogP contribution in [-0.2, 0) is 0 Å². The molecule has 0 aromatic carbocycles. The summed E-state index contributed by atoms with van der Waals surface area (Å²) in [5, 5.41) is 0.572. The molecule has 0 radical (unpaired) electrons. The molecule has 15 heavy (non-hydrogen) atoms. The third kappa shape index (κ3) is 2.42. The summed E-state index contributed by atoms with van der Waals surface area (Å²) in [6.45, 7) is 3.31. The van der Waals surface area contributed by atoms with Crippen LogP contribution in [0.25, 0.3) is 0 Å². The lowest BCUT2D eigenvalue weighted by Gasteiger charge is -2.35. The van der Waals surface area contributed by atoms with Gasteiger partial charge < -0.3 is 4.90 Å². The molecule has 0 saturated carbocycles. The van der Waals surface area contributed by atoms with E-state index >= 15 is 0 Å². The summed E-state index contributed by atoms with van der Waals surface area (Å²) < 4.78 is 8.34. The zero-order valence-electron chi connectivity index (χ0n) is 8.95. The number of hydrogen-bond donors (Lipinski definition) is 0. The van der Waals surface area contributed by atoms with Gasteiger partial charge in [0.1, 0.15) is 0 Å². The normalized spacial score (nSPS) is 22.0. The van der Waals surface area contributed by atoms with Crippen LogP contribution in [0.3, 0.4) is 0 Å². The molecule has 1 fully saturated rings. The second-order valence-corrected chi connectivity index (χ2v) is 4.90. The van der Waals surface area contributed by atoms with Crippen LogP contribution in [0.1, 0.15) is 39.0 Å². The van der Waals surface area contributed by atoms with E-state index in [1.807, 2.05) is 0 Å². The van der Waals surface area contributed by atoms with E-state index in [9.17, 15) is 0 Å². The SMILES string of the molecule is CCCC1CCCCN1c1nsnc1Cl. The van der Waals surface area contributed by atoms with Gasteiger partial charge in [0.2, 0.25) is 0 Å². The third-order valence-corrected chi connectivity index (χ3v) is 3.83. The zero-order chi connectivity index (χ0) is 10.7. The molecule has 0 N–H and O–H groups in total. The van der Waals surface area contributed by atoms with Crippen molar-refractivity contribution in [2.24, 2.45) is 0 Å².